The zero-order valence-electron chi connectivity index (χ0n) is 13.2. The van der Waals surface area contributed by atoms with Gasteiger partial charge in [-0.05, 0) is 37.0 Å². The van der Waals surface area contributed by atoms with Crippen LogP contribution in [0.25, 0.3) is 0 Å². The Kier molecular flexibility index (Phi) is 5.20. The number of rotatable bonds is 4. The van der Waals surface area contributed by atoms with Crippen LogP contribution in [-0.2, 0) is 14.9 Å². The fraction of sp³-hybridized carbons (Fsp3) is 0.533. The summed E-state index contributed by atoms with van der Waals surface area (Å²) >= 11 is 0. The fourth-order valence-electron chi connectivity index (χ4n) is 2.43. The molecule has 7 heteroatoms. The third-order valence-corrected chi connectivity index (χ3v) is 5.72. The van der Waals surface area contributed by atoms with Gasteiger partial charge in [0.15, 0.2) is 0 Å². The molecule has 0 unspecified atom stereocenters. The van der Waals surface area contributed by atoms with Crippen molar-refractivity contribution >= 4 is 15.9 Å². The van der Waals surface area contributed by atoms with Gasteiger partial charge < -0.3 is 4.90 Å². The van der Waals surface area contributed by atoms with E-state index >= 15 is 0 Å². The van der Waals surface area contributed by atoms with Crippen molar-refractivity contribution in [3.63, 3.8) is 0 Å². The normalized spacial score (nSPS) is 17.0. The van der Waals surface area contributed by atoms with Gasteiger partial charge in [-0.25, -0.2) is 8.42 Å². The minimum Gasteiger partial charge on any atom is -0.339 e. The highest BCUT2D eigenvalue weighted by molar-refractivity contribution is 7.89. The van der Waals surface area contributed by atoms with E-state index in [4.69, 9.17) is 4.84 Å². The minimum atomic E-state index is -3.74. The zero-order chi connectivity index (χ0) is 16.3. The van der Waals surface area contributed by atoms with Gasteiger partial charge in [0.2, 0.25) is 0 Å². The van der Waals surface area contributed by atoms with Crippen molar-refractivity contribution in [2.24, 2.45) is 5.92 Å². The highest BCUT2D eigenvalue weighted by atomic mass is 32.2. The van der Waals surface area contributed by atoms with E-state index in [0.717, 1.165) is 30.4 Å². The molecule has 1 heterocycles. The molecule has 0 radical (unpaired) electrons. The molecule has 1 aliphatic rings. The van der Waals surface area contributed by atoms with Gasteiger partial charge >= 0.3 is 0 Å². The highest BCUT2D eigenvalue weighted by Crippen LogP contribution is 2.20. The van der Waals surface area contributed by atoms with Crippen molar-refractivity contribution < 1.29 is 18.0 Å². The molecule has 122 valence electrons. The first-order valence-electron chi connectivity index (χ1n) is 7.28. The van der Waals surface area contributed by atoms with Gasteiger partial charge in [-0.1, -0.05) is 17.5 Å². The number of amides is 1. The van der Waals surface area contributed by atoms with Gasteiger partial charge in [0.25, 0.3) is 15.9 Å². The van der Waals surface area contributed by atoms with Crippen molar-refractivity contribution in [3.8, 4) is 0 Å². The van der Waals surface area contributed by atoms with E-state index < -0.39 is 10.0 Å². The van der Waals surface area contributed by atoms with Crippen LogP contribution in [0.2, 0.25) is 0 Å². The maximum Gasteiger partial charge on any atom is 0.264 e. The summed E-state index contributed by atoms with van der Waals surface area (Å²) in [6, 6.07) is 6.09. The van der Waals surface area contributed by atoms with Gasteiger partial charge in [0.1, 0.15) is 0 Å². The topological polar surface area (TPSA) is 66.9 Å². The van der Waals surface area contributed by atoms with Crippen LogP contribution in [0, 0.1) is 5.92 Å². The third kappa shape index (κ3) is 3.48. The summed E-state index contributed by atoms with van der Waals surface area (Å²) in [5.41, 5.74) is 0.389. The Morgan fingerprint density at radius 2 is 1.95 bits per heavy atom. The monoisotopic (exact) mass is 326 g/mol. The molecule has 1 saturated heterocycles. The van der Waals surface area contributed by atoms with E-state index in [1.165, 1.54) is 26.3 Å². The fourth-order valence-corrected chi connectivity index (χ4v) is 3.45. The molecule has 0 saturated carbocycles. The summed E-state index contributed by atoms with van der Waals surface area (Å²) < 4.78 is 25.2. The molecule has 0 N–H and O–H groups in total. The van der Waals surface area contributed by atoms with Crippen LogP contribution in [0.5, 0.6) is 0 Å². The first-order chi connectivity index (χ1) is 10.4. The molecule has 0 aliphatic carbocycles. The van der Waals surface area contributed by atoms with Crippen LogP contribution < -0.4 is 0 Å². The number of likely N-dealkylation sites (tertiary alicyclic amines) is 1. The summed E-state index contributed by atoms with van der Waals surface area (Å²) in [4.78, 5) is 19.1. The molecular weight excluding hydrogens is 304 g/mol. The number of nitrogens with zero attached hydrogens (tertiary/aromatic N) is 2. The Labute approximate surface area is 131 Å². The maximum atomic E-state index is 12.5. The van der Waals surface area contributed by atoms with E-state index in [1.807, 2.05) is 0 Å². The number of hydrogen-bond acceptors (Lipinski definition) is 4. The summed E-state index contributed by atoms with van der Waals surface area (Å²) in [5.74, 6) is 0.509. The van der Waals surface area contributed by atoms with Crippen LogP contribution in [0.1, 0.15) is 30.1 Å². The van der Waals surface area contributed by atoms with E-state index in [1.54, 1.807) is 17.0 Å². The quantitative estimate of drug-likeness (QED) is 0.791. The zero-order valence-corrected chi connectivity index (χ0v) is 14.0. The average molecular weight is 326 g/mol. The lowest BCUT2D eigenvalue weighted by Gasteiger charge is -2.30. The van der Waals surface area contributed by atoms with Crippen molar-refractivity contribution in [3.05, 3.63) is 29.8 Å². The van der Waals surface area contributed by atoms with E-state index in [9.17, 15) is 13.2 Å². The molecule has 1 amide bonds. The average Bonchev–Trinajstić information content (AvgIpc) is 2.54. The molecule has 1 fully saturated rings. The second-order valence-electron chi connectivity index (χ2n) is 5.60. The summed E-state index contributed by atoms with van der Waals surface area (Å²) in [6.45, 7) is 3.61. The Bertz CT molecular complexity index is 637. The lowest BCUT2D eigenvalue weighted by molar-refractivity contribution is -0.0258. The number of sulfonamides is 1. The van der Waals surface area contributed by atoms with Gasteiger partial charge in [0, 0.05) is 25.7 Å². The lowest BCUT2D eigenvalue weighted by Crippen LogP contribution is -2.38. The Morgan fingerprint density at radius 3 is 2.55 bits per heavy atom. The molecule has 0 aromatic heterocycles. The molecule has 1 aliphatic heterocycles. The molecule has 2 rings (SSSR count). The second-order valence-corrected chi connectivity index (χ2v) is 7.54. The smallest absolute Gasteiger partial charge is 0.264 e. The van der Waals surface area contributed by atoms with Crippen molar-refractivity contribution in [2.45, 2.75) is 24.7 Å². The van der Waals surface area contributed by atoms with Crippen LogP contribution >= 0.6 is 0 Å². The molecule has 6 nitrogen and oxygen atoms in total. The van der Waals surface area contributed by atoms with Crippen molar-refractivity contribution in [1.82, 2.24) is 9.37 Å². The standard InChI is InChI=1S/C15H22N2O4S/c1-12-7-9-17(10-8-12)15(18)13-5-4-6-14(11-13)22(19,20)16(2)21-3/h4-6,11-12H,7-10H2,1-3H3. The van der Waals surface area contributed by atoms with E-state index in [-0.39, 0.29) is 10.8 Å². The first-order valence-corrected chi connectivity index (χ1v) is 8.72. The predicted molar refractivity (Wildman–Crippen MR) is 82.7 cm³/mol. The Balaban J connectivity index is 2.23. The number of carbonyl (C=O) groups excluding carboxylic acids is 1. The van der Waals surface area contributed by atoms with E-state index in [2.05, 4.69) is 6.92 Å². The molecular formula is C15H22N2O4S. The van der Waals surface area contributed by atoms with Crippen molar-refractivity contribution in [1.29, 1.82) is 0 Å². The third-order valence-electron chi connectivity index (χ3n) is 4.05. The van der Waals surface area contributed by atoms with Crippen LogP contribution in [-0.4, -0.2) is 50.9 Å². The molecule has 0 spiro atoms. The molecule has 1 aromatic carbocycles. The summed E-state index contributed by atoms with van der Waals surface area (Å²) in [7, 11) is -1.15. The van der Waals surface area contributed by atoms with Crippen LogP contribution in [0.15, 0.2) is 29.2 Å². The number of hydrogen-bond donors (Lipinski definition) is 0. The molecule has 0 atom stereocenters. The molecule has 1 aromatic rings. The number of hydroxylamine groups is 1. The highest BCUT2D eigenvalue weighted by Gasteiger charge is 2.25. The first kappa shape index (κ1) is 16.9. The number of benzene rings is 1. The number of carbonyl (C=O) groups is 1. The second kappa shape index (κ2) is 6.76. The summed E-state index contributed by atoms with van der Waals surface area (Å²) in [6.07, 6.45) is 1.96. The van der Waals surface area contributed by atoms with Gasteiger partial charge in [0.05, 0.1) is 12.0 Å². The van der Waals surface area contributed by atoms with Gasteiger partial charge in [-0.3, -0.25) is 9.63 Å². The Morgan fingerprint density at radius 1 is 1.32 bits per heavy atom. The molecule has 0 bridgehead atoms. The van der Waals surface area contributed by atoms with Crippen molar-refractivity contribution in [2.75, 3.05) is 27.2 Å². The SMILES string of the molecule is CON(C)S(=O)(=O)c1cccc(C(=O)N2CCC(C)CC2)c1. The number of piperidine rings is 1. The minimum absolute atomic E-state index is 0.0491. The van der Waals surface area contributed by atoms with Crippen LogP contribution in [0.3, 0.4) is 0 Å². The molecule has 22 heavy (non-hydrogen) atoms. The summed E-state index contributed by atoms with van der Waals surface area (Å²) in [5, 5.41) is 0. The van der Waals surface area contributed by atoms with Crippen LogP contribution in [0.4, 0.5) is 0 Å². The van der Waals surface area contributed by atoms with E-state index in [0.29, 0.717) is 11.5 Å². The predicted octanol–water partition coefficient (Wildman–Crippen LogP) is 1.74. The Hall–Kier alpha value is -1.44. The lowest BCUT2D eigenvalue weighted by atomic mass is 9.98. The van der Waals surface area contributed by atoms with Gasteiger partial charge in [-0.2, -0.15) is 0 Å². The van der Waals surface area contributed by atoms with Gasteiger partial charge in [-0.15, -0.1) is 0 Å². The maximum absolute atomic E-state index is 12.5. The largest absolute Gasteiger partial charge is 0.339 e.